The molecule has 1 aromatic carbocycles. The predicted molar refractivity (Wildman–Crippen MR) is 72.2 cm³/mol. The average molecular weight is 282 g/mol. The Bertz CT molecular complexity index is 580. The lowest BCUT2D eigenvalue weighted by Gasteiger charge is -2.11. The molecule has 1 aromatic heterocycles. The van der Waals surface area contributed by atoms with Gasteiger partial charge in [0, 0.05) is 18.3 Å². The van der Waals surface area contributed by atoms with E-state index < -0.39 is 11.7 Å². The first-order chi connectivity index (χ1) is 9.27. The molecule has 2 aromatic rings. The first-order valence-electron chi connectivity index (χ1n) is 6.49. The molecule has 0 aliphatic rings. The molecule has 20 heavy (non-hydrogen) atoms. The molecule has 0 amide bonds. The van der Waals surface area contributed by atoms with E-state index >= 15 is 0 Å². The van der Waals surface area contributed by atoms with Crippen LogP contribution in [0.1, 0.15) is 25.1 Å². The van der Waals surface area contributed by atoms with E-state index in [1.807, 2.05) is 17.7 Å². The molecule has 0 saturated heterocycles. The molecule has 2 rings (SSSR count). The monoisotopic (exact) mass is 282 g/mol. The van der Waals surface area contributed by atoms with Gasteiger partial charge in [0.2, 0.25) is 0 Å². The Kier molecular flexibility index (Phi) is 3.88. The van der Waals surface area contributed by atoms with E-state index in [2.05, 4.69) is 18.8 Å². The summed E-state index contributed by atoms with van der Waals surface area (Å²) < 4.78 is 39.7. The molecular weight excluding hydrogens is 265 g/mol. The van der Waals surface area contributed by atoms with Gasteiger partial charge in [0.15, 0.2) is 0 Å². The van der Waals surface area contributed by atoms with E-state index in [-0.39, 0.29) is 0 Å². The van der Waals surface area contributed by atoms with Crippen molar-refractivity contribution in [3.05, 3.63) is 41.7 Å². The summed E-state index contributed by atoms with van der Waals surface area (Å²) >= 11 is 0. The highest BCUT2D eigenvalue weighted by atomic mass is 19.4. The molecule has 0 fully saturated rings. The zero-order chi connectivity index (χ0) is 14.9. The van der Waals surface area contributed by atoms with Crippen LogP contribution in [0.2, 0.25) is 0 Å². The van der Waals surface area contributed by atoms with Gasteiger partial charge in [-0.1, -0.05) is 26.0 Å². The van der Waals surface area contributed by atoms with Crippen LogP contribution in [0.25, 0.3) is 11.4 Å². The highest BCUT2D eigenvalue weighted by Crippen LogP contribution is 2.30. The Morgan fingerprint density at radius 1 is 1.15 bits per heavy atom. The highest BCUT2D eigenvalue weighted by Gasteiger charge is 2.30. The molecule has 0 bridgehead atoms. The van der Waals surface area contributed by atoms with E-state index in [4.69, 9.17) is 0 Å². The summed E-state index contributed by atoms with van der Waals surface area (Å²) in [6.07, 6.45) is -2.38. The van der Waals surface area contributed by atoms with Crippen LogP contribution in [0, 0.1) is 12.8 Å². The second-order valence-electron chi connectivity index (χ2n) is 5.33. The Morgan fingerprint density at radius 3 is 2.25 bits per heavy atom. The minimum absolute atomic E-state index is 0.441. The summed E-state index contributed by atoms with van der Waals surface area (Å²) in [6.45, 7) is 6.85. The summed E-state index contributed by atoms with van der Waals surface area (Å²) in [5.41, 5.74) is 0.923. The molecule has 0 aliphatic heterocycles. The maximum absolute atomic E-state index is 12.6. The number of hydrogen-bond acceptors (Lipinski definition) is 1. The number of halogens is 3. The van der Waals surface area contributed by atoms with Crippen molar-refractivity contribution in [2.24, 2.45) is 5.92 Å². The van der Waals surface area contributed by atoms with E-state index in [1.54, 1.807) is 0 Å². The number of aryl methyl sites for hydroxylation is 1. The van der Waals surface area contributed by atoms with Crippen molar-refractivity contribution < 1.29 is 13.2 Å². The average Bonchev–Trinajstić information content (AvgIpc) is 2.68. The molecule has 0 atom stereocenters. The van der Waals surface area contributed by atoms with Gasteiger partial charge in [0.05, 0.1) is 11.3 Å². The number of alkyl halides is 3. The lowest BCUT2D eigenvalue weighted by molar-refractivity contribution is -0.137. The summed E-state index contributed by atoms with van der Waals surface area (Å²) in [5.74, 6) is 1.15. The number of hydrogen-bond donors (Lipinski definition) is 0. The fourth-order valence-electron chi connectivity index (χ4n) is 2.12. The molecule has 5 heteroatoms. The lowest BCUT2D eigenvalue weighted by Crippen LogP contribution is -2.06. The van der Waals surface area contributed by atoms with Crippen LogP contribution in [0.5, 0.6) is 0 Å². The lowest BCUT2D eigenvalue weighted by atomic mass is 10.1. The minimum atomic E-state index is -4.30. The molecule has 0 unspecified atom stereocenters. The molecule has 0 radical (unpaired) electrons. The smallest absolute Gasteiger partial charge is 0.330 e. The van der Waals surface area contributed by atoms with Gasteiger partial charge in [-0.2, -0.15) is 13.2 Å². The van der Waals surface area contributed by atoms with Crippen molar-refractivity contribution in [3.8, 4) is 11.4 Å². The van der Waals surface area contributed by atoms with Crippen molar-refractivity contribution in [2.75, 3.05) is 0 Å². The molecule has 0 spiro atoms. The van der Waals surface area contributed by atoms with Crippen LogP contribution in [-0.4, -0.2) is 9.55 Å². The van der Waals surface area contributed by atoms with Crippen LogP contribution in [0.15, 0.2) is 30.5 Å². The summed E-state index contributed by atoms with van der Waals surface area (Å²) in [5, 5.41) is 0. The van der Waals surface area contributed by atoms with Gasteiger partial charge in [-0.25, -0.2) is 4.98 Å². The maximum Gasteiger partial charge on any atom is 0.416 e. The number of aromatic nitrogens is 2. The topological polar surface area (TPSA) is 17.8 Å². The SMILES string of the molecule is Cc1cn(CC(C)C)c(-c2ccc(C(F)(F)F)cc2)n1. The maximum atomic E-state index is 12.6. The van der Waals surface area contributed by atoms with Crippen molar-refractivity contribution in [3.63, 3.8) is 0 Å². The van der Waals surface area contributed by atoms with Crippen molar-refractivity contribution in [1.82, 2.24) is 9.55 Å². The molecule has 1 heterocycles. The summed E-state index contributed by atoms with van der Waals surface area (Å²) in [4.78, 5) is 4.41. The Hall–Kier alpha value is -1.78. The fourth-order valence-corrected chi connectivity index (χ4v) is 2.12. The third-order valence-corrected chi connectivity index (χ3v) is 2.93. The Balaban J connectivity index is 2.36. The highest BCUT2D eigenvalue weighted by molar-refractivity contribution is 5.56. The van der Waals surface area contributed by atoms with Crippen LogP contribution in [0.3, 0.4) is 0 Å². The zero-order valence-electron chi connectivity index (χ0n) is 11.7. The molecule has 0 saturated carbocycles. The van der Waals surface area contributed by atoms with Crippen LogP contribution >= 0.6 is 0 Å². The number of nitrogens with zero attached hydrogens (tertiary/aromatic N) is 2. The number of rotatable bonds is 3. The molecular formula is C15H17F3N2. The van der Waals surface area contributed by atoms with Crippen molar-refractivity contribution in [2.45, 2.75) is 33.5 Å². The summed E-state index contributed by atoms with van der Waals surface area (Å²) in [7, 11) is 0. The fraction of sp³-hybridized carbons (Fsp3) is 0.400. The predicted octanol–water partition coefficient (Wildman–Crippen LogP) is 4.53. The minimum Gasteiger partial charge on any atom is -0.330 e. The Morgan fingerprint density at radius 2 is 1.75 bits per heavy atom. The molecule has 2 nitrogen and oxygen atoms in total. The number of imidazole rings is 1. The van der Waals surface area contributed by atoms with E-state index in [1.165, 1.54) is 12.1 Å². The van der Waals surface area contributed by atoms with E-state index in [0.717, 1.165) is 24.4 Å². The standard InChI is InChI=1S/C15H17F3N2/c1-10(2)8-20-9-11(3)19-14(20)12-4-6-13(7-5-12)15(16,17)18/h4-7,9-10H,8H2,1-3H3. The van der Waals surface area contributed by atoms with Gasteiger partial charge in [0.25, 0.3) is 0 Å². The van der Waals surface area contributed by atoms with Gasteiger partial charge in [-0.05, 0) is 25.0 Å². The third-order valence-electron chi connectivity index (χ3n) is 2.93. The van der Waals surface area contributed by atoms with Crippen molar-refractivity contribution in [1.29, 1.82) is 0 Å². The van der Waals surface area contributed by atoms with Crippen LogP contribution in [0.4, 0.5) is 13.2 Å². The van der Waals surface area contributed by atoms with Gasteiger partial charge < -0.3 is 4.57 Å². The third kappa shape index (κ3) is 3.21. The second kappa shape index (κ2) is 5.31. The summed E-state index contributed by atoms with van der Waals surface area (Å²) in [6, 6.07) is 5.14. The van der Waals surface area contributed by atoms with Gasteiger partial charge in [0.1, 0.15) is 5.82 Å². The van der Waals surface area contributed by atoms with Crippen molar-refractivity contribution >= 4 is 0 Å². The van der Waals surface area contributed by atoms with E-state index in [9.17, 15) is 13.2 Å². The second-order valence-corrected chi connectivity index (χ2v) is 5.33. The molecule has 0 N–H and O–H groups in total. The zero-order valence-corrected chi connectivity index (χ0v) is 11.7. The first kappa shape index (κ1) is 14.6. The van der Waals surface area contributed by atoms with Gasteiger partial charge in [-0.3, -0.25) is 0 Å². The first-order valence-corrected chi connectivity index (χ1v) is 6.49. The van der Waals surface area contributed by atoms with Crippen LogP contribution in [-0.2, 0) is 12.7 Å². The van der Waals surface area contributed by atoms with Crippen LogP contribution < -0.4 is 0 Å². The van der Waals surface area contributed by atoms with Gasteiger partial charge in [-0.15, -0.1) is 0 Å². The Labute approximate surface area is 116 Å². The quantitative estimate of drug-likeness (QED) is 0.808. The number of benzene rings is 1. The van der Waals surface area contributed by atoms with E-state index in [0.29, 0.717) is 17.3 Å². The largest absolute Gasteiger partial charge is 0.416 e. The van der Waals surface area contributed by atoms with Gasteiger partial charge >= 0.3 is 6.18 Å². The molecule has 0 aliphatic carbocycles. The normalized spacial score (nSPS) is 12.2. The molecule has 108 valence electrons.